The highest BCUT2D eigenvalue weighted by Crippen LogP contribution is 2.55. The lowest BCUT2D eigenvalue weighted by Gasteiger charge is -2.34. The second-order valence-electron chi connectivity index (χ2n) is 8.39. The highest BCUT2D eigenvalue weighted by atomic mass is 16.7. The minimum atomic E-state index is -0.876. The normalized spacial score (nSPS) is 34.6. The molecule has 2 aliphatic heterocycles. The molecule has 7 nitrogen and oxygen atoms in total. The fourth-order valence-corrected chi connectivity index (χ4v) is 4.78. The average molecular weight is 388 g/mol. The molecular formula is C21H24O7. The van der Waals surface area contributed by atoms with Gasteiger partial charge in [-0.25, -0.2) is 9.59 Å². The van der Waals surface area contributed by atoms with E-state index in [9.17, 15) is 14.4 Å². The Labute approximate surface area is 163 Å². The van der Waals surface area contributed by atoms with E-state index >= 15 is 0 Å². The maximum absolute atomic E-state index is 12.6. The Morgan fingerprint density at radius 1 is 1.25 bits per heavy atom. The topological polar surface area (TPSA) is 88.1 Å². The average Bonchev–Trinajstić information content (AvgIpc) is 3.18. The van der Waals surface area contributed by atoms with Crippen LogP contribution < -0.4 is 0 Å². The van der Waals surface area contributed by atoms with Crippen molar-refractivity contribution in [3.63, 3.8) is 0 Å². The van der Waals surface area contributed by atoms with Crippen molar-refractivity contribution >= 4 is 17.9 Å². The molecule has 0 aromatic carbocycles. The number of ether oxygens (including phenoxy) is 4. The highest BCUT2D eigenvalue weighted by Gasteiger charge is 2.58. The molecule has 150 valence electrons. The van der Waals surface area contributed by atoms with Gasteiger partial charge in [-0.1, -0.05) is 13.8 Å². The van der Waals surface area contributed by atoms with Gasteiger partial charge in [-0.15, -0.1) is 0 Å². The van der Waals surface area contributed by atoms with Gasteiger partial charge in [-0.2, -0.15) is 0 Å². The van der Waals surface area contributed by atoms with Gasteiger partial charge in [0.25, 0.3) is 6.29 Å². The second kappa shape index (κ2) is 6.50. The maximum Gasteiger partial charge on any atom is 0.338 e. The number of cyclic esters (lactones) is 1. The van der Waals surface area contributed by atoms with Crippen molar-refractivity contribution < 1.29 is 33.3 Å². The van der Waals surface area contributed by atoms with Crippen LogP contribution in [0.1, 0.15) is 47.0 Å². The zero-order valence-corrected chi connectivity index (χ0v) is 16.4. The molecule has 0 amide bonds. The van der Waals surface area contributed by atoms with Gasteiger partial charge in [0, 0.05) is 18.6 Å². The summed E-state index contributed by atoms with van der Waals surface area (Å²) in [4.78, 5) is 35.8. The van der Waals surface area contributed by atoms with Crippen LogP contribution in [0.4, 0.5) is 0 Å². The maximum atomic E-state index is 12.6. The zero-order chi connectivity index (χ0) is 20.2. The van der Waals surface area contributed by atoms with Crippen molar-refractivity contribution in [1.82, 2.24) is 0 Å². The molecule has 1 saturated heterocycles. The number of hydrogen-bond donors (Lipinski definition) is 0. The first-order chi connectivity index (χ1) is 13.2. The number of fused-ring (bicyclic) bond motifs is 2. The molecule has 0 saturated carbocycles. The van der Waals surface area contributed by atoms with E-state index in [1.807, 2.05) is 0 Å². The monoisotopic (exact) mass is 388 g/mol. The fourth-order valence-electron chi connectivity index (χ4n) is 4.78. The summed E-state index contributed by atoms with van der Waals surface area (Å²) in [6.45, 7) is 7.26. The van der Waals surface area contributed by atoms with E-state index in [4.69, 9.17) is 18.9 Å². The molecule has 4 atom stereocenters. The largest absolute Gasteiger partial charge is 0.458 e. The summed E-state index contributed by atoms with van der Waals surface area (Å²) in [6.07, 6.45) is 3.76. The number of carbonyl (C=O) groups is 3. The molecule has 2 heterocycles. The van der Waals surface area contributed by atoms with Crippen LogP contribution in [0.15, 0.2) is 34.6 Å². The Kier molecular flexibility index (Phi) is 4.36. The highest BCUT2D eigenvalue weighted by molar-refractivity contribution is 5.93. The smallest absolute Gasteiger partial charge is 0.338 e. The number of hydrogen-bond acceptors (Lipinski definition) is 7. The lowest BCUT2D eigenvalue weighted by Crippen LogP contribution is -2.29. The van der Waals surface area contributed by atoms with Gasteiger partial charge in [0.1, 0.15) is 12.2 Å². The van der Waals surface area contributed by atoms with Crippen LogP contribution in [0.25, 0.3) is 0 Å². The first-order valence-corrected chi connectivity index (χ1v) is 9.55. The molecule has 0 spiro atoms. The Balaban J connectivity index is 1.67. The third kappa shape index (κ3) is 2.93. The molecule has 0 aromatic heterocycles. The van der Waals surface area contributed by atoms with Crippen LogP contribution in [0.5, 0.6) is 0 Å². The van der Waals surface area contributed by atoms with Gasteiger partial charge in [0.2, 0.25) is 0 Å². The first kappa shape index (κ1) is 18.8. The molecule has 0 bridgehead atoms. The van der Waals surface area contributed by atoms with Crippen LogP contribution in [0.3, 0.4) is 0 Å². The molecule has 4 rings (SSSR count). The Bertz CT molecular complexity index is 845. The number of esters is 3. The summed E-state index contributed by atoms with van der Waals surface area (Å²) in [5, 5.41) is 0. The molecule has 1 fully saturated rings. The standard InChI is InChI=1S/C21H24O7/c1-10-8-14(27-19(10)23)25-9-13-15-17(26-11(2)22)12-6-5-7-21(3,4)16(12)18(15)28-20(13)24/h8-9,14-15,17-18H,5-7H2,1-4H3/b13-9+. The SMILES string of the molecule is CC(=O)OC1C2=C(C3OC(=O)/C(=C/OC4C=C(C)C(=O)O4)C13)C(C)(C)CCC2. The molecule has 0 N–H and O–H groups in total. The van der Waals surface area contributed by atoms with Crippen molar-refractivity contribution in [2.45, 2.75) is 65.5 Å². The summed E-state index contributed by atoms with van der Waals surface area (Å²) in [7, 11) is 0. The molecule has 4 aliphatic rings. The summed E-state index contributed by atoms with van der Waals surface area (Å²) in [5.41, 5.74) is 2.74. The molecular weight excluding hydrogens is 364 g/mol. The fraction of sp³-hybridized carbons (Fsp3) is 0.571. The van der Waals surface area contributed by atoms with Crippen LogP contribution in [0.2, 0.25) is 0 Å². The predicted molar refractivity (Wildman–Crippen MR) is 96.4 cm³/mol. The van der Waals surface area contributed by atoms with Crippen molar-refractivity contribution in [3.8, 4) is 0 Å². The van der Waals surface area contributed by atoms with Gasteiger partial charge in [-0.05, 0) is 42.7 Å². The third-order valence-electron chi connectivity index (χ3n) is 5.99. The van der Waals surface area contributed by atoms with Crippen molar-refractivity contribution in [2.24, 2.45) is 11.3 Å². The van der Waals surface area contributed by atoms with Gasteiger partial charge in [0.05, 0.1) is 17.8 Å². The number of rotatable bonds is 3. The summed E-state index contributed by atoms with van der Waals surface area (Å²) in [6, 6.07) is 0. The Morgan fingerprint density at radius 3 is 2.64 bits per heavy atom. The molecule has 2 aliphatic carbocycles. The van der Waals surface area contributed by atoms with E-state index in [1.165, 1.54) is 13.2 Å². The van der Waals surface area contributed by atoms with Crippen molar-refractivity contribution in [2.75, 3.05) is 0 Å². The van der Waals surface area contributed by atoms with Gasteiger partial charge >= 0.3 is 17.9 Å². The van der Waals surface area contributed by atoms with E-state index in [0.29, 0.717) is 11.1 Å². The third-order valence-corrected chi connectivity index (χ3v) is 5.99. The molecule has 28 heavy (non-hydrogen) atoms. The lowest BCUT2D eigenvalue weighted by molar-refractivity contribution is -0.152. The molecule has 4 unspecified atom stereocenters. The predicted octanol–water partition coefficient (Wildman–Crippen LogP) is 2.71. The number of carbonyl (C=O) groups excluding carboxylic acids is 3. The van der Waals surface area contributed by atoms with Crippen LogP contribution in [-0.4, -0.2) is 36.4 Å². The molecule has 7 heteroatoms. The summed E-state index contributed by atoms with van der Waals surface area (Å²) >= 11 is 0. The minimum absolute atomic E-state index is 0.136. The Hall–Kier alpha value is -2.57. The van der Waals surface area contributed by atoms with Gasteiger partial charge < -0.3 is 18.9 Å². The molecule has 0 radical (unpaired) electrons. The summed E-state index contributed by atoms with van der Waals surface area (Å²) in [5.74, 6) is -1.79. The van der Waals surface area contributed by atoms with Gasteiger partial charge in [0.15, 0.2) is 0 Å². The van der Waals surface area contributed by atoms with E-state index in [0.717, 1.165) is 30.4 Å². The Morgan fingerprint density at radius 2 is 2.00 bits per heavy atom. The van der Waals surface area contributed by atoms with E-state index in [2.05, 4.69) is 13.8 Å². The van der Waals surface area contributed by atoms with Crippen LogP contribution in [-0.2, 0) is 33.3 Å². The van der Waals surface area contributed by atoms with Gasteiger partial charge in [-0.3, -0.25) is 4.79 Å². The van der Waals surface area contributed by atoms with E-state index in [1.54, 1.807) is 13.0 Å². The van der Waals surface area contributed by atoms with Crippen molar-refractivity contribution in [3.05, 3.63) is 34.6 Å². The van der Waals surface area contributed by atoms with Crippen LogP contribution in [0, 0.1) is 11.3 Å². The zero-order valence-electron chi connectivity index (χ0n) is 16.4. The quantitative estimate of drug-likeness (QED) is 0.241. The van der Waals surface area contributed by atoms with Crippen molar-refractivity contribution in [1.29, 1.82) is 0 Å². The lowest BCUT2D eigenvalue weighted by atomic mass is 9.72. The summed E-state index contributed by atoms with van der Waals surface area (Å²) < 4.78 is 21.9. The van der Waals surface area contributed by atoms with E-state index in [-0.39, 0.29) is 5.41 Å². The minimum Gasteiger partial charge on any atom is -0.458 e. The first-order valence-electron chi connectivity index (χ1n) is 9.55. The van der Waals surface area contributed by atoms with Crippen LogP contribution >= 0.6 is 0 Å². The molecule has 0 aromatic rings. The second-order valence-corrected chi connectivity index (χ2v) is 8.39. The van der Waals surface area contributed by atoms with E-state index < -0.39 is 42.3 Å².